The van der Waals surface area contributed by atoms with Gasteiger partial charge in [0.1, 0.15) is 17.3 Å². The van der Waals surface area contributed by atoms with E-state index < -0.39 is 0 Å². The molecule has 5 heteroatoms. The van der Waals surface area contributed by atoms with E-state index in [1.807, 2.05) is 6.07 Å². The maximum Gasteiger partial charge on any atom is 0.158 e. The van der Waals surface area contributed by atoms with Crippen LogP contribution in [0.15, 0.2) is 35.7 Å². The van der Waals surface area contributed by atoms with Crippen molar-refractivity contribution in [1.29, 1.82) is 0 Å². The minimum Gasteiger partial charge on any atom is -0.377 e. The topological polar surface area (TPSA) is 47.0 Å². The van der Waals surface area contributed by atoms with Crippen LogP contribution < -0.4 is 5.32 Å². The Balaban J connectivity index is 1.81. The van der Waals surface area contributed by atoms with Crippen molar-refractivity contribution < 1.29 is 4.74 Å². The Morgan fingerprint density at radius 3 is 2.78 bits per heavy atom. The molecule has 0 saturated heterocycles. The Morgan fingerprint density at radius 2 is 2.04 bits per heavy atom. The summed E-state index contributed by atoms with van der Waals surface area (Å²) in [4.78, 5) is 10.4. The van der Waals surface area contributed by atoms with Gasteiger partial charge in [-0.3, -0.25) is 0 Å². The Labute approximate surface area is 139 Å². The molecule has 4 rings (SSSR count). The first-order chi connectivity index (χ1) is 11.3. The minimum absolute atomic E-state index is 0.437. The average molecular weight is 325 g/mol. The molecule has 0 atom stereocenters. The SMILES string of the molecule is COCc1nc(NCC2CC2)c2c(-c3ccccc3)csc2n1. The molecule has 1 N–H and O–H groups in total. The first-order valence-corrected chi connectivity index (χ1v) is 8.79. The van der Waals surface area contributed by atoms with Crippen molar-refractivity contribution in [3.8, 4) is 11.1 Å². The largest absolute Gasteiger partial charge is 0.377 e. The van der Waals surface area contributed by atoms with Gasteiger partial charge in [0.2, 0.25) is 0 Å². The van der Waals surface area contributed by atoms with E-state index in [-0.39, 0.29) is 0 Å². The van der Waals surface area contributed by atoms with Crippen LogP contribution >= 0.6 is 11.3 Å². The summed E-state index contributed by atoms with van der Waals surface area (Å²) in [6.07, 6.45) is 2.64. The predicted octanol–water partition coefficient (Wildman–Crippen LogP) is 4.33. The van der Waals surface area contributed by atoms with E-state index in [0.717, 1.165) is 34.3 Å². The summed E-state index contributed by atoms with van der Waals surface area (Å²) < 4.78 is 5.21. The number of nitrogens with one attached hydrogen (secondary N) is 1. The molecule has 2 aromatic heterocycles. The van der Waals surface area contributed by atoms with Crippen LogP contribution in [0.5, 0.6) is 0 Å². The smallest absolute Gasteiger partial charge is 0.158 e. The summed E-state index contributed by atoms with van der Waals surface area (Å²) in [7, 11) is 1.68. The van der Waals surface area contributed by atoms with Gasteiger partial charge in [0.25, 0.3) is 0 Å². The van der Waals surface area contributed by atoms with Gasteiger partial charge >= 0.3 is 0 Å². The Hall–Kier alpha value is -1.98. The molecule has 1 fully saturated rings. The van der Waals surface area contributed by atoms with Crippen molar-refractivity contribution in [2.75, 3.05) is 19.0 Å². The predicted molar refractivity (Wildman–Crippen MR) is 94.8 cm³/mol. The number of thiophene rings is 1. The molecule has 0 unspecified atom stereocenters. The van der Waals surface area contributed by atoms with Gasteiger partial charge in [-0.25, -0.2) is 9.97 Å². The highest BCUT2D eigenvalue weighted by molar-refractivity contribution is 7.17. The van der Waals surface area contributed by atoms with Crippen LogP contribution in [0.1, 0.15) is 18.7 Å². The number of fused-ring (bicyclic) bond motifs is 1. The third kappa shape index (κ3) is 3.07. The Morgan fingerprint density at radius 1 is 1.22 bits per heavy atom. The van der Waals surface area contributed by atoms with Crippen molar-refractivity contribution in [3.63, 3.8) is 0 Å². The van der Waals surface area contributed by atoms with Gasteiger partial charge < -0.3 is 10.1 Å². The third-order valence-electron chi connectivity index (χ3n) is 4.09. The lowest BCUT2D eigenvalue weighted by atomic mass is 10.1. The number of anilines is 1. The van der Waals surface area contributed by atoms with Crippen LogP contribution in [-0.2, 0) is 11.3 Å². The highest BCUT2D eigenvalue weighted by Gasteiger charge is 2.22. The second-order valence-corrected chi connectivity index (χ2v) is 6.80. The van der Waals surface area contributed by atoms with Crippen LogP contribution in [-0.4, -0.2) is 23.6 Å². The highest BCUT2D eigenvalue weighted by Crippen LogP contribution is 2.37. The third-order valence-corrected chi connectivity index (χ3v) is 4.97. The Kier molecular flexibility index (Phi) is 3.97. The standard InChI is InChI=1S/C18H19N3OS/c1-22-10-15-20-17(19-9-12-7-8-12)16-14(11-23-18(16)21-15)13-5-3-2-4-6-13/h2-6,11-12H,7-10H2,1H3,(H,19,20,21). The quantitative estimate of drug-likeness (QED) is 0.733. The lowest BCUT2D eigenvalue weighted by Gasteiger charge is -2.10. The summed E-state index contributed by atoms with van der Waals surface area (Å²) in [5, 5.41) is 6.85. The number of aromatic nitrogens is 2. The van der Waals surface area contributed by atoms with Gasteiger partial charge in [-0.1, -0.05) is 30.3 Å². The van der Waals surface area contributed by atoms with Crippen LogP contribution in [0, 0.1) is 5.92 Å². The number of nitrogens with zero attached hydrogens (tertiary/aromatic N) is 2. The van der Waals surface area contributed by atoms with E-state index in [9.17, 15) is 0 Å². The fourth-order valence-electron chi connectivity index (χ4n) is 2.70. The lowest BCUT2D eigenvalue weighted by Crippen LogP contribution is -2.08. The second-order valence-electron chi connectivity index (χ2n) is 5.94. The first-order valence-electron chi connectivity index (χ1n) is 7.91. The number of ether oxygens (including phenoxy) is 1. The summed E-state index contributed by atoms with van der Waals surface area (Å²) in [6.45, 7) is 1.43. The molecule has 1 aromatic carbocycles. The molecule has 2 heterocycles. The van der Waals surface area contributed by atoms with Gasteiger partial charge in [0, 0.05) is 24.6 Å². The molecule has 1 aliphatic carbocycles. The molecule has 118 valence electrons. The second kappa shape index (κ2) is 6.26. The number of hydrogen-bond donors (Lipinski definition) is 1. The van der Waals surface area contributed by atoms with Crippen molar-refractivity contribution in [2.45, 2.75) is 19.4 Å². The lowest BCUT2D eigenvalue weighted by molar-refractivity contribution is 0.178. The van der Waals surface area contributed by atoms with Crippen LogP contribution in [0.25, 0.3) is 21.3 Å². The number of rotatable bonds is 6. The summed E-state index contributed by atoms with van der Waals surface area (Å²) >= 11 is 1.67. The van der Waals surface area contributed by atoms with Crippen LogP contribution in [0.4, 0.5) is 5.82 Å². The monoisotopic (exact) mass is 325 g/mol. The van der Waals surface area contributed by atoms with E-state index >= 15 is 0 Å². The molecule has 0 aliphatic heterocycles. The van der Waals surface area contributed by atoms with Gasteiger partial charge in [0.15, 0.2) is 5.82 Å². The number of hydrogen-bond acceptors (Lipinski definition) is 5. The zero-order valence-electron chi connectivity index (χ0n) is 13.1. The van der Waals surface area contributed by atoms with Crippen molar-refractivity contribution in [1.82, 2.24) is 9.97 Å². The molecule has 0 bridgehead atoms. The molecule has 23 heavy (non-hydrogen) atoms. The first kappa shape index (κ1) is 14.6. The van der Waals surface area contributed by atoms with E-state index in [4.69, 9.17) is 9.72 Å². The molecular formula is C18H19N3OS. The highest BCUT2D eigenvalue weighted by atomic mass is 32.1. The maximum atomic E-state index is 5.21. The number of methoxy groups -OCH3 is 1. The van der Waals surface area contributed by atoms with Crippen LogP contribution in [0.2, 0.25) is 0 Å². The number of benzene rings is 1. The van der Waals surface area contributed by atoms with E-state index in [1.165, 1.54) is 24.0 Å². The van der Waals surface area contributed by atoms with Gasteiger partial charge in [0.05, 0.1) is 5.39 Å². The van der Waals surface area contributed by atoms with Crippen molar-refractivity contribution in [2.24, 2.45) is 5.92 Å². The minimum atomic E-state index is 0.437. The molecular weight excluding hydrogens is 306 g/mol. The molecule has 1 aliphatic rings. The van der Waals surface area contributed by atoms with Gasteiger partial charge in [-0.2, -0.15) is 0 Å². The molecule has 0 spiro atoms. The average Bonchev–Trinajstić information content (AvgIpc) is 3.31. The molecule has 0 amide bonds. The summed E-state index contributed by atoms with van der Waals surface area (Å²) in [5.74, 6) is 2.47. The van der Waals surface area contributed by atoms with E-state index in [2.05, 4.69) is 39.9 Å². The van der Waals surface area contributed by atoms with Gasteiger partial charge in [-0.15, -0.1) is 11.3 Å². The maximum absolute atomic E-state index is 5.21. The molecule has 0 radical (unpaired) electrons. The Bertz CT molecular complexity index is 812. The zero-order valence-corrected chi connectivity index (χ0v) is 13.9. The van der Waals surface area contributed by atoms with Gasteiger partial charge in [-0.05, 0) is 24.3 Å². The zero-order chi connectivity index (χ0) is 15.6. The normalized spacial score (nSPS) is 14.3. The van der Waals surface area contributed by atoms with Crippen LogP contribution in [0.3, 0.4) is 0 Å². The summed E-state index contributed by atoms with van der Waals surface area (Å²) in [6, 6.07) is 10.4. The fourth-order valence-corrected chi connectivity index (χ4v) is 3.67. The van der Waals surface area contributed by atoms with Crippen molar-refractivity contribution >= 4 is 27.4 Å². The summed E-state index contributed by atoms with van der Waals surface area (Å²) in [5.41, 5.74) is 2.41. The molecule has 3 aromatic rings. The van der Waals surface area contributed by atoms with Crippen molar-refractivity contribution in [3.05, 3.63) is 41.5 Å². The fraction of sp³-hybridized carbons (Fsp3) is 0.333. The van der Waals surface area contributed by atoms with E-state index in [0.29, 0.717) is 6.61 Å². The molecule has 4 nitrogen and oxygen atoms in total. The molecule has 1 saturated carbocycles. The van der Waals surface area contributed by atoms with E-state index in [1.54, 1.807) is 18.4 Å².